The van der Waals surface area contributed by atoms with Gasteiger partial charge in [0.15, 0.2) is 0 Å². The highest BCUT2D eigenvalue weighted by Crippen LogP contribution is 2.19. The highest BCUT2D eigenvalue weighted by molar-refractivity contribution is 5.93. The van der Waals surface area contributed by atoms with E-state index in [1.54, 1.807) is 12.1 Å². The smallest absolute Gasteiger partial charge is 0.269 e. The molecule has 2 rings (SSSR count). The van der Waals surface area contributed by atoms with Crippen molar-refractivity contribution in [3.05, 3.63) is 35.7 Å². The number of rotatable bonds is 5. The molecule has 1 aromatic rings. The third-order valence-corrected chi connectivity index (χ3v) is 3.43. The maximum absolute atomic E-state index is 11.9. The van der Waals surface area contributed by atoms with E-state index in [4.69, 9.17) is 0 Å². The number of nitrogens with zero attached hydrogens (tertiary/aromatic N) is 1. The summed E-state index contributed by atoms with van der Waals surface area (Å²) in [6.07, 6.45) is 9.53. The second-order valence-corrected chi connectivity index (χ2v) is 5.23. The number of carbonyl (C=O) groups is 2. The van der Waals surface area contributed by atoms with Crippen LogP contribution < -0.4 is 10.6 Å². The quantitative estimate of drug-likeness (QED) is 0.818. The molecule has 0 atom stereocenters. The van der Waals surface area contributed by atoms with Crippen molar-refractivity contribution < 1.29 is 9.59 Å². The van der Waals surface area contributed by atoms with Crippen LogP contribution in [0.3, 0.4) is 0 Å². The van der Waals surface area contributed by atoms with Gasteiger partial charge in [0.1, 0.15) is 5.69 Å². The summed E-state index contributed by atoms with van der Waals surface area (Å²) in [6, 6.07) is 3.29. The Bertz CT molecular complexity index is 535. The van der Waals surface area contributed by atoms with Crippen molar-refractivity contribution in [1.82, 2.24) is 10.3 Å². The van der Waals surface area contributed by atoms with Crippen LogP contribution in [0.5, 0.6) is 0 Å². The van der Waals surface area contributed by atoms with Gasteiger partial charge in [-0.25, -0.2) is 4.98 Å². The Morgan fingerprint density at radius 1 is 1.29 bits per heavy atom. The largest absolute Gasteiger partial charge is 0.350 e. The Hall–Kier alpha value is -2.17. The minimum Gasteiger partial charge on any atom is -0.350 e. The number of allylic oxidation sites excluding steroid dienone is 1. The van der Waals surface area contributed by atoms with E-state index in [9.17, 15) is 9.59 Å². The molecule has 1 aliphatic rings. The maximum Gasteiger partial charge on any atom is 0.269 e. The monoisotopic (exact) mass is 287 g/mol. The molecule has 0 aliphatic heterocycles. The molecule has 1 aliphatic carbocycles. The van der Waals surface area contributed by atoms with Gasteiger partial charge in [-0.2, -0.15) is 0 Å². The number of pyridine rings is 1. The molecule has 0 aromatic carbocycles. The Labute approximate surface area is 124 Å². The first-order valence-electron chi connectivity index (χ1n) is 7.35. The van der Waals surface area contributed by atoms with Gasteiger partial charge in [0, 0.05) is 13.5 Å². The second-order valence-electron chi connectivity index (χ2n) is 5.23. The van der Waals surface area contributed by atoms with Gasteiger partial charge in [0.05, 0.1) is 11.9 Å². The lowest BCUT2D eigenvalue weighted by Crippen LogP contribution is -2.25. The van der Waals surface area contributed by atoms with Crippen LogP contribution in [-0.2, 0) is 4.79 Å². The van der Waals surface area contributed by atoms with Crippen LogP contribution in [0, 0.1) is 0 Å². The first-order chi connectivity index (χ1) is 10.1. The van der Waals surface area contributed by atoms with Crippen LogP contribution in [0.2, 0.25) is 0 Å². The second kappa shape index (κ2) is 7.57. The van der Waals surface area contributed by atoms with Gasteiger partial charge in [-0.15, -0.1) is 0 Å². The van der Waals surface area contributed by atoms with E-state index in [0.717, 1.165) is 19.3 Å². The summed E-state index contributed by atoms with van der Waals surface area (Å²) in [6.45, 7) is 2.07. The lowest BCUT2D eigenvalue weighted by molar-refractivity contribution is -0.114. The third kappa shape index (κ3) is 5.02. The predicted molar refractivity (Wildman–Crippen MR) is 82.0 cm³/mol. The fourth-order valence-electron chi connectivity index (χ4n) is 2.36. The minimum absolute atomic E-state index is 0.158. The molecule has 2 amide bonds. The van der Waals surface area contributed by atoms with Crippen molar-refractivity contribution in [3.8, 4) is 0 Å². The predicted octanol–water partition coefficient (Wildman–Crippen LogP) is 2.66. The molecule has 1 aromatic heterocycles. The molecule has 21 heavy (non-hydrogen) atoms. The normalized spacial score (nSPS) is 14.2. The van der Waals surface area contributed by atoms with Gasteiger partial charge in [-0.3, -0.25) is 9.59 Å². The zero-order chi connectivity index (χ0) is 15.1. The Balaban J connectivity index is 1.80. The Morgan fingerprint density at radius 3 is 2.76 bits per heavy atom. The molecule has 0 unspecified atom stereocenters. The van der Waals surface area contributed by atoms with Crippen LogP contribution in [0.15, 0.2) is 30.0 Å². The molecule has 0 spiro atoms. The summed E-state index contributed by atoms with van der Waals surface area (Å²) in [5, 5.41) is 5.49. The summed E-state index contributed by atoms with van der Waals surface area (Å²) in [5.74, 6) is -0.337. The highest BCUT2D eigenvalue weighted by Gasteiger charge is 2.08. The van der Waals surface area contributed by atoms with Gasteiger partial charge in [-0.05, 0) is 44.2 Å². The van der Waals surface area contributed by atoms with Gasteiger partial charge in [-0.1, -0.05) is 11.6 Å². The van der Waals surface area contributed by atoms with Crippen molar-refractivity contribution >= 4 is 17.5 Å². The van der Waals surface area contributed by atoms with Crippen molar-refractivity contribution in [2.75, 3.05) is 11.9 Å². The van der Waals surface area contributed by atoms with Gasteiger partial charge >= 0.3 is 0 Å². The first-order valence-corrected chi connectivity index (χ1v) is 7.35. The number of carbonyl (C=O) groups excluding carboxylic acids is 2. The van der Waals surface area contributed by atoms with E-state index in [1.807, 2.05) is 0 Å². The van der Waals surface area contributed by atoms with E-state index < -0.39 is 0 Å². The summed E-state index contributed by atoms with van der Waals surface area (Å²) >= 11 is 0. The molecular weight excluding hydrogens is 266 g/mol. The fourth-order valence-corrected chi connectivity index (χ4v) is 2.36. The molecule has 0 radical (unpaired) electrons. The summed E-state index contributed by atoms with van der Waals surface area (Å²) in [5.41, 5.74) is 2.39. The Kier molecular flexibility index (Phi) is 5.49. The highest BCUT2D eigenvalue weighted by atomic mass is 16.2. The van der Waals surface area contributed by atoms with E-state index in [-0.39, 0.29) is 11.8 Å². The molecule has 0 saturated carbocycles. The van der Waals surface area contributed by atoms with Crippen LogP contribution in [0.25, 0.3) is 0 Å². The van der Waals surface area contributed by atoms with Crippen LogP contribution in [0.1, 0.15) is 49.5 Å². The van der Waals surface area contributed by atoms with Crippen LogP contribution in [0.4, 0.5) is 5.69 Å². The number of amides is 2. The molecular formula is C16H21N3O2. The standard InChI is InChI=1S/C16H21N3O2/c1-12(20)19-14-7-8-15(18-11-14)16(21)17-10-9-13-5-3-2-4-6-13/h5,7-8,11H,2-4,6,9-10H2,1H3,(H,17,21)(H,19,20). The molecule has 0 fully saturated rings. The molecule has 5 heteroatoms. The van der Waals surface area contributed by atoms with Gasteiger partial charge in [0.25, 0.3) is 5.91 Å². The van der Waals surface area contributed by atoms with Crippen LogP contribution in [-0.4, -0.2) is 23.3 Å². The van der Waals surface area contributed by atoms with E-state index in [0.29, 0.717) is 17.9 Å². The molecule has 0 bridgehead atoms. The SMILES string of the molecule is CC(=O)Nc1ccc(C(=O)NCCC2=CCCCC2)nc1. The van der Waals surface area contributed by atoms with E-state index in [1.165, 1.54) is 31.5 Å². The van der Waals surface area contributed by atoms with Gasteiger partial charge < -0.3 is 10.6 Å². The van der Waals surface area contributed by atoms with Crippen molar-refractivity contribution in [3.63, 3.8) is 0 Å². The van der Waals surface area contributed by atoms with Crippen molar-refractivity contribution in [1.29, 1.82) is 0 Å². The Morgan fingerprint density at radius 2 is 2.14 bits per heavy atom. The average Bonchev–Trinajstić information content (AvgIpc) is 2.48. The number of hydrogen-bond donors (Lipinski definition) is 2. The molecule has 112 valence electrons. The number of aromatic nitrogens is 1. The van der Waals surface area contributed by atoms with E-state index >= 15 is 0 Å². The average molecular weight is 287 g/mol. The lowest BCUT2D eigenvalue weighted by Gasteiger charge is -2.12. The fraction of sp³-hybridized carbons (Fsp3) is 0.438. The van der Waals surface area contributed by atoms with Crippen molar-refractivity contribution in [2.24, 2.45) is 0 Å². The van der Waals surface area contributed by atoms with Crippen LogP contribution >= 0.6 is 0 Å². The number of hydrogen-bond acceptors (Lipinski definition) is 3. The molecule has 5 nitrogen and oxygen atoms in total. The zero-order valence-electron chi connectivity index (χ0n) is 12.3. The summed E-state index contributed by atoms with van der Waals surface area (Å²) in [7, 11) is 0. The summed E-state index contributed by atoms with van der Waals surface area (Å²) < 4.78 is 0. The first kappa shape index (κ1) is 15.2. The molecule has 1 heterocycles. The molecule has 0 saturated heterocycles. The zero-order valence-corrected chi connectivity index (χ0v) is 12.3. The van der Waals surface area contributed by atoms with Gasteiger partial charge in [0.2, 0.25) is 5.91 Å². The van der Waals surface area contributed by atoms with Crippen molar-refractivity contribution in [2.45, 2.75) is 39.0 Å². The summed E-state index contributed by atoms with van der Waals surface area (Å²) in [4.78, 5) is 26.9. The number of nitrogens with one attached hydrogen (secondary N) is 2. The third-order valence-electron chi connectivity index (χ3n) is 3.43. The topological polar surface area (TPSA) is 71.1 Å². The lowest BCUT2D eigenvalue weighted by atomic mass is 9.97. The number of anilines is 1. The maximum atomic E-state index is 11.9. The minimum atomic E-state index is -0.180. The molecule has 2 N–H and O–H groups in total. The van der Waals surface area contributed by atoms with E-state index in [2.05, 4.69) is 21.7 Å².